The highest BCUT2D eigenvalue weighted by Crippen LogP contribution is 2.41. The van der Waals surface area contributed by atoms with Crippen LogP contribution in [0.15, 0.2) is 60.8 Å². The van der Waals surface area contributed by atoms with Crippen molar-refractivity contribution in [3.05, 3.63) is 83.7 Å². The van der Waals surface area contributed by atoms with Crippen molar-refractivity contribution in [2.45, 2.75) is 77.3 Å². The van der Waals surface area contributed by atoms with E-state index in [2.05, 4.69) is 10.6 Å². The first-order valence-electron chi connectivity index (χ1n) is 17.6. The fraction of sp³-hybridized carbons (Fsp3) is 0.421. The number of alkyl halides is 3. The highest BCUT2D eigenvalue weighted by atomic mass is 19.4. The second-order valence-corrected chi connectivity index (χ2v) is 14.0. The molecule has 3 atom stereocenters. The van der Waals surface area contributed by atoms with Gasteiger partial charge in [-0.1, -0.05) is 51.1 Å². The number of hydrogen-bond acceptors (Lipinski definition) is 8. The molecule has 318 valence electrons. The van der Waals surface area contributed by atoms with Crippen LogP contribution in [0, 0.1) is 17.0 Å². The monoisotopic (exact) mass is 827 g/mol. The van der Waals surface area contributed by atoms with Gasteiger partial charge in [0.15, 0.2) is 0 Å². The van der Waals surface area contributed by atoms with Crippen LogP contribution in [0.5, 0.6) is 0 Å². The number of hydrogen-bond donors (Lipinski definition) is 7. The zero-order chi connectivity index (χ0) is 44.0. The molecule has 3 aromatic rings. The molecule has 0 saturated heterocycles. The molecule has 3 unspecified atom stereocenters. The van der Waals surface area contributed by atoms with Gasteiger partial charge in [-0.25, -0.2) is 18.4 Å². The van der Waals surface area contributed by atoms with Crippen molar-refractivity contribution in [1.29, 1.82) is 0 Å². The van der Waals surface area contributed by atoms with Gasteiger partial charge in [0.2, 0.25) is 17.7 Å². The molecule has 0 spiro atoms. The molecule has 15 nitrogen and oxygen atoms in total. The average molecular weight is 828 g/mol. The largest absolute Gasteiger partial charge is 0.490 e. The molecule has 0 radical (unpaired) electrons. The van der Waals surface area contributed by atoms with E-state index >= 15 is 0 Å². The molecule has 2 aromatic carbocycles. The van der Waals surface area contributed by atoms with Gasteiger partial charge in [-0.3, -0.25) is 19.2 Å². The first-order chi connectivity index (χ1) is 27.0. The predicted octanol–water partition coefficient (Wildman–Crippen LogP) is 3.68. The standard InChI is InChI=1S/C36H45F2N5O8.C2HF3O2/c1-36(2,3)33(29-17-23(25-18-24(37)9-10-26(25)38)20-42(29)19-22-7-5-4-6-8-22)43(31(46)21-44)16-14-27(39)34(49)40-15-13-30(45)41-28(35(50)51)11-12-32(47)48;3-2(4,5)1(6)7/h4-10,17-18,20,27-28,33,44H,11-16,19,21,39H2,1-3H3,(H,40,49)(H,41,45)(H,47,48)(H,50,51);(H,6,7). The van der Waals surface area contributed by atoms with Crippen LogP contribution < -0.4 is 16.4 Å². The van der Waals surface area contributed by atoms with E-state index in [-0.39, 0.29) is 37.9 Å². The van der Waals surface area contributed by atoms with Crippen LogP contribution in [0.2, 0.25) is 0 Å². The Morgan fingerprint density at radius 2 is 1.52 bits per heavy atom. The van der Waals surface area contributed by atoms with E-state index in [1.807, 2.05) is 55.7 Å². The zero-order valence-electron chi connectivity index (χ0n) is 31.8. The van der Waals surface area contributed by atoms with Crippen molar-refractivity contribution in [3.8, 4) is 11.1 Å². The number of aromatic nitrogens is 1. The maximum absolute atomic E-state index is 15.0. The number of aliphatic carboxylic acids is 3. The van der Waals surface area contributed by atoms with Gasteiger partial charge in [0.25, 0.3) is 0 Å². The van der Waals surface area contributed by atoms with Crippen molar-refractivity contribution < 1.29 is 71.1 Å². The molecule has 20 heteroatoms. The molecule has 0 aliphatic carbocycles. The lowest BCUT2D eigenvalue weighted by atomic mass is 9.82. The summed E-state index contributed by atoms with van der Waals surface area (Å²) in [7, 11) is 0. The van der Waals surface area contributed by atoms with Gasteiger partial charge >= 0.3 is 24.1 Å². The lowest BCUT2D eigenvalue weighted by molar-refractivity contribution is -0.192. The Kier molecular flexibility index (Phi) is 18.0. The Bertz CT molecular complexity index is 1900. The molecule has 0 aliphatic rings. The molecular weight excluding hydrogens is 781 g/mol. The highest BCUT2D eigenvalue weighted by molar-refractivity contribution is 5.85. The number of carboxylic acids is 3. The van der Waals surface area contributed by atoms with Crippen LogP contribution in [0.3, 0.4) is 0 Å². The van der Waals surface area contributed by atoms with Crippen LogP contribution in [0.25, 0.3) is 11.1 Å². The molecule has 8 N–H and O–H groups in total. The van der Waals surface area contributed by atoms with Crippen molar-refractivity contribution in [2.24, 2.45) is 11.1 Å². The molecule has 0 aliphatic heterocycles. The van der Waals surface area contributed by atoms with Crippen LogP contribution >= 0.6 is 0 Å². The highest BCUT2D eigenvalue weighted by Gasteiger charge is 2.39. The summed E-state index contributed by atoms with van der Waals surface area (Å²) in [6.45, 7) is 4.84. The summed E-state index contributed by atoms with van der Waals surface area (Å²) in [6.07, 6.45) is -4.53. The maximum atomic E-state index is 15.0. The SMILES string of the molecule is CC(C)(C)C(c1cc(-c2cc(F)ccc2F)cn1Cc1ccccc1)N(CCC(N)C(=O)NCCC(=O)NC(CCC(=O)O)C(=O)O)C(=O)CO.O=C(O)C(F)(F)F. The lowest BCUT2D eigenvalue weighted by Crippen LogP contribution is -2.48. The number of nitrogens with two attached hydrogens (primary N) is 1. The van der Waals surface area contributed by atoms with Gasteiger partial charge in [-0.15, -0.1) is 0 Å². The van der Waals surface area contributed by atoms with Crippen LogP contribution in [-0.2, 0) is 35.3 Å². The topological polar surface area (TPSA) is 242 Å². The summed E-state index contributed by atoms with van der Waals surface area (Å²) in [4.78, 5) is 70.9. The Hall–Kier alpha value is -5.89. The number of carboxylic acid groups (broad SMARTS) is 3. The normalized spacial score (nSPS) is 12.9. The quantitative estimate of drug-likeness (QED) is 0.0913. The van der Waals surface area contributed by atoms with Gasteiger partial charge in [0.1, 0.15) is 24.3 Å². The number of rotatable bonds is 18. The number of aliphatic hydroxyl groups excluding tert-OH is 1. The Morgan fingerprint density at radius 1 is 0.897 bits per heavy atom. The molecule has 3 amide bonds. The molecule has 58 heavy (non-hydrogen) atoms. The van der Waals surface area contributed by atoms with Gasteiger partial charge < -0.3 is 46.3 Å². The molecule has 0 saturated carbocycles. The van der Waals surface area contributed by atoms with Crippen LogP contribution in [0.1, 0.15) is 63.8 Å². The fourth-order valence-electron chi connectivity index (χ4n) is 5.73. The molecule has 3 rings (SSSR count). The molecule has 1 heterocycles. The van der Waals surface area contributed by atoms with Crippen molar-refractivity contribution in [2.75, 3.05) is 19.7 Å². The lowest BCUT2D eigenvalue weighted by Gasteiger charge is -2.41. The number of amides is 3. The summed E-state index contributed by atoms with van der Waals surface area (Å²) < 4.78 is 62.8. The summed E-state index contributed by atoms with van der Waals surface area (Å²) in [5.41, 5.74) is 7.36. The molecular formula is C38H46F5N5O10. The molecule has 1 aromatic heterocycles. The first kappa shape index (κ1) is 48.3. The average Bonchev–Trinajstić information content (AvgIpc) is 3.53. The van der Waals surface area contributed by atoms with Crippen molar-refractivity contribution in [3.63, 3.8) is 0 Å². The second-order valence-electron chi connectivity index (χ2n) is 14.0. The van der Waals surface area contributed by atoms with Gasteiger partial charge in [-0.05, 0) is 48.1 Å². The van der Waals surface area contributed by atoms with E-state index in [0.717, 1.165) is 23.8 Å². The number of nitrogens with zero attached hydrogens (tertiary/aromatic N) is 2. The minimum Gasteiger partial charge on any atom is -0.481 e. The minimum atomic E-state index is -5.08. The summed E-state index contributed by atoms with van der Waals surface area (Å²) in [5.74, 6) is -8.64. The Balaban J connectivity index is 0.00000151. The van der Waals surface area contributed by atoms with Crippen LogP contribution in [0.4, 0.5) is 22.0 Å². The smallest absolute Gasteiger partial charge is 0.481 e. The third-order valence-electron chi connectivity index (χ3n) is 8.42. The Morgan fingerprint density at radius 3 is 2.05 bits per heavy atom. The van der Waals surface area contributed by atoms with Gasteiger partial charge in [0, 0.05) is 55.5 Å². The molecule has 0 bridgehead atoms. The number of benzene rings is 2. The third kappa shape index (κ3) is 15.2. The van der Waals surface area contributed by atoms with E-state index in [1.54, 1.807) is 12.3 Å². The van der Waals surface area contributed by atoms with E-state index in [1.165, 1.54) is 4.90 Å². The summed E-state index contributed by atoms with van der Waals surface area (Å²) in [5, 5.41) is 39.9. The Labute approximate surface area is 329 Å². The zero-order valence-corrected chi connectivity index (χ0v) is 31.8. The first-order valence-corrected chi connectivity index (χ1v) is 17.6. The van der Waals surface area contributed by atoms with Crippen molar-refractivity contribution >= 4 is 35.6 Å². The number of carbonyl (C=O) groups is 6. The minimum absolute atomic E-state index is 0.0295. The van der Waals surface area contributed by atoms with Gasteiger partial charge in [0.05, 0.1) is 12.1 Å². The second kappa shape index (κ2) is 21.6. The van der Waals surface area contributed by atoms with E-state index in [0.29, 0.717) is 17.8 Å². The number of carbonyl (C=O) groups excluding carboxylic acids is 3. The van der Waals surface area contributed by atoms with E-state index < -0.39 is 90.0 Å². The maximum Gasteiger partial charge on any atom is 0.490 e. The molecule has 0 fully saturated rings. The summed E-state index contributed by atoms with van der Waals surface area (Å²) in [6, 6.07) is 10.9. The predicted molar refractivity (Wildman–Crippen MR) is 197 cm³/mol. The fourth-order valence-corrected chi connectivity index (χ4v) is 5.73. The van der Waals surface area contributed by atoms with E-state index in [4.69, 9.17) is 20.7 Å². The van der Waals surface area contributed by atoms with Crippen molar-refractivity contribution in [1.82, 2.24) is 20.1 Å². The number of nitrogens with one attached hydrogen (secondary N) is 2. The third-order valence-corrected chi connectivity index (χ3v) is 8.42. The number of halogens is 5. The van der Waals surface area contributed by atoms with Crippen LogP contribution in [-0.4, -0.2) is 103 Å². The number of aliphatic hydroxyl groups is 1. The summed E-state index contributed by atoms with van der Waals surface area (Å²) >= 11 is 0. The van der Waals surface area contributed by atoms with Gasteiger partial charge in [-0.2, -0.15) is 13.2 Å². The van der Waals surface area contributed by atoms with E-state index in [9.17, 15) is 56.1 Å².